The van der Waals surface area contributed by atoms with Crippen molar-refractivity contribution in [2.24, 2.45) is 0 Å². The fourth-order valence-corrected chi connectivity index (χ4v) is 3.17. The summed E-state index contributed by atoms with van der Waals surface area (Å²) in [6.45, 7) is 3.85. The van der Waals surface area contributed by atoms with Crippen LogP contribution < -0.4 is 5.32 Å². The third kappa shape index (κ3) is 4.13. The molecule has 3 rings (SSSR count). The number of nitrogens with zero attached hydrogens (tertiary/aromatic N) is 2. The SMILES string of the molecule is Cc1cc(/C=C(/C#N)C(=O)Nc2ccc(F)cc2)c(C)n1-c1cccc(Cl)c1. The molecular weight excluding hydrogens is 377 g/mol. The van der Waals surface area contributed by atoms with Crippen molar-refractivity contribution in [1.82, 2.24) is 4.57 Å². The highest BCUT2D eigenvalue weighted by atomic mass is 35.5. The zero-order valence-corrected chi connectivity index (χ0v) is 16.1. The van der Waals surface area contributed by atoms with Gasteiger partial charge in [0.2, 0.25) is 0 Å². The van der Waals surface area contributed by atoms with Gasteiger partial charge in [-0.15, -0.1) is 0 Å². The number of carbonyl (C=O) groups is 1. The van der Waals surface area contributed by atoms with Crippen molar-refractivity contribution < 1.29 is 9.18 Å². The van der Waals surface area contributed by atoms with Gasteiger partial charge in [-0.05, 0) is 74.0 Å². The van der Waals surface area contributed by atoms with Gasteiger partial charge in [0.1, 0.15) is 17.5 Å². The normalized spacial score (nSPS) is 11.2. The average Bonchev–Trinajstić information content (AvgIpc) is 2.94. The first-order valence-electron chi connectivity index (χ1n) is 8.52. The van der Waals surface area contributed by atoms with Gasteiger partial charge >= 0.3 is 0 Å². The number of carbonyl (C=O) groups excluding carboxylic acids is 1. The van der Waals surface area contributed by atoms with Gasteiger partial charge in [-0.25, -0.2) is 4.39 Å². The van der Waals surface area contributed by atoms with Gasteiger partial charge in [0.25, 0.3) is 5.91 Å². The number of anilines is 1. The molecule has 3 aromatic rings. The molecule has 0 unspecified atom stereocenters. The molecule has 0 aliphatic carbocycles. The van der Waals surface area contributed by atoms with Crippen molar-refractivity contribution in [3.05, 3.63) is 88.0 Å². The molecule has 0 spiro atoms. The van der Waals surface area contributed by atoms with E-state index in [1.807, 2.05) is 48.7 Å². The topological polar surface area (TPSA) is 57.8 Å². The van der Waals surface area contributed by atoms with E-state index in [1.54, 1.807) is 12.1 Å². The second kappa shape index (κ2) is 8.12. The van der Waals surface area contributed by atoms with Crippen LogP contribution in [-0.2, 0) is 4.79 Å². The Balaban J connectivity index is 1.93. The Morgan fingerprint density at radius 1 is 1.18 bits per heavy atom. The molecule has 0 atom stereocenters. The van der Waals surface area contributed by atoms with Crippen LogP contribution in [0.1, 0.15) is 17.0 Å². The minimum absolute atomic E-state index is 0.0457. The Bertz CT molecular complexity index is 1110. The molecule has 0 fully saturated rings. The standard InChI is InChI=1S/C22H17ClFN3O/c1-14-10-16(15(2)27(14)21-5-3-4-18(23)12-21)11-17(13-25)22(28)26-20-8-6-19(24)7-9-20/h3-12H,1-2H3,(H,26,28)/b17-11-. The monoisotopic (exact) mass is 393 g/mol. The van der Waals surface area contributed by atoms with Crippen molar-refractivity contribution in [3.8, 4) is 11.8 Å². The molecule has 0 bridgehead atoms. The number of aryl methyl sites for hydroxylation is 1. The zero-order chi connectivity index (χ0) is 20.3. The minimum Gasteiger partial charge on any atom is -0.321 e. The molecule has 6 heteroatoms. The zero-order valence-electron chi connectivity index (χ0n) is 15.3. The highest BCUT2D eigenvalue weighted by molar-refractivity contribution is 6.30. The third-order valence-electron chi connectivity index (χ3n) is 4.30. The predicted molar refractivity (Wildman–Crippen MR) is 109 cm³/mol. The van der Waals surface area contributed by atoms with Crippen molar-refractivity contribution >= 4 is 29.3 Å². The summed E-state index contributed by atoms with van der Waals surface area (Å²) in [7, 11) is 0. The van der Waals surface area contributed by atoms with Gasteiger partial charge in [0.15, 0.2) is 0 Å². The van der Waals surface area contributed by atoms with Crippen LogP contribution in [0.25, 0.3) is 11.8 Å². The number of benzene rings is 2. The fraction of sp³-hybridized carbons (Fsp3) is 0.0909. The highest BCUT2D eigenvalue weighted by Crippen LogP contribution is 2.24. The lowest BCUT2D eigenvalue weighted by Crippen LogP contribution is -2.13. The maximum Gasteiger partial charge on any atom is 0.266 e. The molecule has 0 saturated heterocycles. The second-order valence-electron chi connectivity index (χ2n) is 6.27. The van der Waals surface area contributed by atoms with Gasteiger partial charge in [0, 0.05) is 27.8 Å². The number of aromatic nitrogens is 1. The molecule has 28 heavy (non-hydrogen) atoms. The molecule has 140 valence electrons. The molecule has 1 aromatic heterocycles. The van der Waals surface area contributed by atoms with Gasteiger partial charge in [-0.1, -0.05) is 17.7 Å². The number of hydrogen-bond acceptors (Lipinski definition) is 2. The smallest absolute Gasteiger partial charge is 0.266 e. The number of nitriles is 1. The summed E-state index contributed by atoms with van der Waals surface area (Å²) < 4.78 is 15.0. The molecule has 0 aliphatic rings. The van der Waals surface area contributed by atoms with Crippen LogP contribution in [-0.4, -0.2) is 10.5 Å². The van der Waals surface area contributed by atoms with Crippen LogP contribution in [0.4, 0.5) is 10.1 Å². The summed E-state index contributed by atoms with van der Waals surface area (Å²) in [5.74, 6) is -0.954. The molecule has 0 aliphatic heterocycles. The van der Waals surface area contributed by atoms with Crippen molar-refractivity contribution in [2.45, 2.75) is 13.8 Å². The van der Waals surface area contributed by atoms with E-state index in [-0.39, 0.29) is 5.57 Å². The quantitative estimate of drug-likeness (QED) is 0.474. The summed E-state index contributed by atoms with van der Waals surface area (Å²) in [6.07, 6.45) is 1.54. The fourth-order valence-electron chi connectivity index (χ4n) is 2.98. The van der Waals surface area contributed by atoms with E-state index in [0.29, 0.717) is 10.7 Å². The molecule has 2 aromatic carbocycles. The molecule has 1 N–H and O–H groups in total. The lowest BCUT2D eigenvalue weighted by molar-refractivity contribution is -0.112. The van der Waals surface area contributed by atoms with Crippen molar-refractivity contribution in [2.75, 3.05) is 5.32 Å². The summed E-state index contributed by atoms with van der Waals surface area (Å²) in [5.41, 5.74) is 3.84. The maximum absolute atomic E-state index is 13.0. The van der Waals surface area contributed by atoms with E-state index >= 15 is 0 Å². The van der Waals surface area contributed by atoms with E-state index in [1.165, 1.54) is 24.3 Å². The van der Waals surface area contributed by atoms with Gasteiger partial charge in [-0.3, -0.25) is 4.79 Å². The third-order valence-corrected chi connectivity index (χ3v) is 4.54. The van der Waals surface area contributed by atoms with Gasteiger partial charge in [-0.2, -0.15) is 5.26 Å². The summed E-state index contributed by atoms with van der Waals surface area (Å²) >= 11 is 6.10. The number of rotatable bonds is 4. The molecular formula is C22H17ClFN3O. The molecule has 4 nitrogen and oxygen atoms in total. The first kappa shape index (κ1) is 19.4. The minimum atomic E-state index is -0.554. The number of halogens is 2. The van der Waals surface area contributed by atoms with E-state index < -0.39 is 11.7 Å². The van der Waals surface area contributed by atoms with E-state index in [0.717, 1.165) is 22.6 Å². The highest BCUT2D eigenvalue weighted by Gasteiger charge is 2.14. The van der Waals surface area contributed by atoms with Crippen molar-refractivity contribution in [1.29, 1.82) is 5.26 Å². The molecule has 0 radical (unpaired) electrons. The van der Waals surface area contributed by atoms with Gasteiger partial charge in [0.05, 0.1) is 0 Å². The molecule has 0 saturated carbocycles. The Kier molecular flexibility index (Phi) is 5.62. The Morgan fingerprint density at radius 3 is 2.54 bits per heavy atom. The van der Waals surface area contributed by atoms with Crippen LogP contribution >= 0.6 is 11.6 Å². The van der Waals surface area contributed by atoms with Crippen LogP contribution in [0.15, 0.2) is 60.2 Å². The first-order chi connectivity index (χ1) is 13.4. The summed E-state index contributed by atoms with van der Waals surface area (Å²) in [5, 5.41) is 12.7. The maximum atomic E-state index is 13.0. The Labute approximate surface area is 167 Å². The average molecular weight is 394 g/mol. The Hall–Kier alpha value is -3.36. The lowest BCUT2D eigenvalue weighted by atomic mass is 10.1. The summed E-state index contributed by atoms with van der Waals surface area (Å²) in [4.78, 5) is 12.4. The predicted octanol–water partition coefficient (Wildman–Crippen LogP) is 5.43. The van der Waals surface area contributed by atoms with Crippen LogP contribution in [0.5, 0.6) is 0 Å². The van der Waals surface area contributed by atoms with Gasteiger partial charge < -0.3 is 9.88 Å². The van der Waals surface area contributed by atoms with E-state index in [9.17, 15) is 14.4 Å². The van der Waals surface area contributed by atoms with Crippen LogP contribution in [0, 0.1) is 31.0 Å². The number of amides is 1. The second-order valence-corrected chi connectivity index (χ2v) is 6.71. The van der Waals surface area contributed by atoms with Crippen LogP contribution in [0.2, 0.25) is 5.02 Å². The molecule has 1 heterocycles. The summed E-state index contributed by atoms with van der Waals surface area (Å²) in [6, 6.07) is 16.6. The van der Waals surface area contributed by atoms with Crippen LogP contribution in [0.3, 0.4) is 0 Å². The number of nitrogens with one attached hydrogen (secondary N) is 1. The van der Waals surface area contributed by atoms with E-state index in [2.05, 4.69) is 5.32 Å². The Morgan fingerprint density at radius 2 is 1.89 bits per heavy atom. The van der Waals surface area contributed by atoms with E-state index in [4.69, 9.17) is 11.6 Å². The number of hydrogen-bond donors (Lipinski definition) is 1. The first-order valence-corrected chi connectivity index (χ1v) is 8.90. The lowest BCUT2D eigenvalue weighted by Gasteiger charge is -2.10. The molecule has 1 amide bonds. The van der Waals surface area contributed by atoms with Crippen molar-refractivity contribution in [3.63, 3.8) is 0 Å². The largest absolute Gasteiger partial charge is 0.321 e.